The molecule has 0 amide bonds. The van der Waals surface area contributed by atoms with Crippen molar-refractivity contribution < 1.29 is 0 Å². The van der Waals surface area contributed by atoms with Crippen LogP contribution in [0.15, 0.2) is 158 Å². The number of benzene rings is 8. The molecule has 0 unspecified atom stereocenters. The number of hydrogen-bond acceptors (Lipinski definition) is 1. The van der Waals surface area contributed by atoms with Crippen molar-refractivity contribution in [3.63, 3.8) is 0 Å². The second-order valence-electron chi connectivity index (χ2n) is 13.9. The van der Waals surface area contributed by atoms with E-state index in [1.54, 1.807) is 0 Å². The highest BCUT2D eigenvalue weighted by Gasteiger charge is 2.52. The molecule has 1 heteroatoms. The second-order valence-corrected chi connectivity index (χ2v) is 13.9. The number of fused-ring (bicyclic) bond motifs is 13. The summed E-state index contributed by atoms with van der Waals surface area (Å²) in [5, 5.41) is 5.11. The zero-order valence-electron chi connectivity index (χ0n) is 28.0. The van der Waals surface area contributed by atoms with E-state index in [9.17, 15) is 0 Å². The number of aryl methyl sites for hydroxylation is 2. The molecule has 10 rings (SSSR count). The van der Waals surface area contributed by atoms with Gasteiger partial charge in [-0.05, 0) is 152 Å². The van der Waals surface area contributed by atoms with Crippen LogP contribution in [0.5, 0.6) is 0 Å². The number of rotatable bonds is 3. The van der Waals surface area contributed by atoms with Crippen molar-refractivity contribution in [1.82, 2.24) is 0 Å². The first kappa shape index (κ1) is 28.1. The first-order valence-electron chi connectivity index (χ1n) is 17.3. The van der Waals surface area contributed by atoms with Gasteiger partial charge in [-0.15, -0.1) is 0 Å². The van der Waals surface area contributed by atoms with Gasteiger partial charge >= 0.3 is 0 Å². The fraction of sp³-hybridized carbons (Fsp3) is 0.0833. The Morgan fingerprint density at radius 3 is 1.69 bits per heavy atom. The molecule has 49 heavy (non-hydrogen) atoms. The largest absolute Gasteiger partial charge is 0.310 e. The van der Waals surface area contributed by atoms with Crippen molar-refractivity contribution in [2.45, 2.75) is 26.2 Å². The van der Waals surface area contributed by atoms with E-state index in [1.165, 1.54) is 88.4 Å². The standard InChI is InChI=1S/C48H35N/c1-30-25-38(26-31(2)32(30)3)49(36-15-5-4-6-16-36)37-22-24-39-35(27-37)21-23-42-43-28-33-13-7-8-14-34(33)29-46(43)48(47(39)42)44-19-11-9-17-40(44)41-18-10-12-20-45(41)48/h4-29H,1-3H3. The minimum Gasteiger partial charge on any atom is -0.310 e. The lowest BCUT2D eigenvalue weighted by Gasteiger charge is -2.32. The summed E-state index contributed by atoms with van der Waals surface area (Å²) in [6.45, 7) is 6.65. The molecule has 0 aliphatic heterocycles. The zero-order valence-corrected chi connectivity index (χ0v) is 28.0. The van der Waals surface area contributed by atoms with E-state index < -0.39 is 5.41 Å². The molecule has 0 atom stereocenters. The fourth-order valence-corrected chi connectivity index (χ4v) is 8.95. The van der Waals surface area contributed by atoms with Crippen molar-refractivity contribution in [3.05, 3.63) is 197 Å². The molecule has 232 valence electrons. The molecule has 0 N–H and O–H groups in total. The lowest BCUT2D eigenvalue weighted by Crippen LogP contribution is -2.26. The van der Waals surface area contributed by atoms with Crippen LogP contribution in [0.2, 0.25) is 0 Å². The van der Waals surface area contributed by atoms with Crippen LogP contribution in [-0.4, -0.2) is 0 Å². The molecule has 2 aliphatic carbocycles. The van der Waals surface area contributed by atoms with Crippen LogP contribution in [0.4, 0.5) is 17.1 Å². The SMILES string of the molecule is Cc1cc(N(c2ccccc2)c2ccc3c4c(ccc3c2)-c2cc3ccccc3cc2C42c3ccccc3-c3ccccc32)cc(C)c1C. The van der Waals surface area contributed by atoms with E-state index in [4.69, 9.17) is 0 Å². The van der Waals surface area contributed by atoms with E-state index in [1.807, 2.05) is 0 Å². The molecular formula is C48H35N. The molecule has 8 aromatic carbocycles. The Hall–Kier alpha value is -5.92. The topological polar surface area (TPSA) is 3.24 Å². The van der Waals surface area contributed by atoms with Crippen LogP contribution >= 0.6 is 0 Å². The molecule has 0 saturated heterocycles. The van der Waals surface area contributed by atoms with Crippen LogP contribution in [0.25, 0.3) is 43.8 Å². The summed E-state index contributed by atoms with van der Waals surface area (Å²) in [5.74, 6) is 0. The van der Waals surface area contributed by atoms with Gasteiger partial charge in [0.1, 0.15) is 0 Å². The summed E-state index contributed by atoms with van der Waals surface area (Å²) in [5.41, 5.74) is 17.9. The highest BCUT2D eigenvalue weighted by Crippen LogP contribution is 2.64. The van der Waals surface area contributed by atoms with Gasteiger partial charge in [-0.3, -0.25) is 0 Å². The number of hydrogen-bond donors (Lipinski definition) is 0. The van der Waals surface area contributed by atoms with Gasteiger partial charge < -0.3 is 4.90 Å². The third kappa shape index (κ3) is 3.82. The summed E-state index contributed by atoms with van der Waals surface area (Å²) in [6, 6.07) is 59.2. The summed E-state index contributed by atoms with van der Waals surface area (Å²) >= 11 is 0. The maximum absolute atomic E-state index is 2.48. The van der Waals surface area contributed by atoms with Crippen LogP contribution in [0.3, 0.4) is 0 Å². The number of para-hydroxylation sites is 1. The molecule has 1 spiro atoms. The molecule has 0 aromatic heterocycles. The first-order chi connectivity index (χ1) is 24.0. The molecule has 0 radical (unpaired) electrons. The number of nitrogens with zero attached hydrogens (tertiary/aromatic N) is 1. The van der Waals surface area contributed by atoms with Gasteiger partial charge in [-0.25, -0.2) is 0 Å². The molecule has 0 fully saturated rings. The average Bonchev–Trinajstić information content (AvgIpc) is 3.60. The van der Waals surface area contributed by atoms with E-state index in [0.29, 0.717) is 0 Å². The van der Waals surface area contributed by atoms with Gasteiger partial charge in [-0.2, -0.15) is 0 Å². The normalized spacial score (nSPS) is 13.4. The van der Waals surface area contributed by atoms with Gasteiger partial charge in [0.15, 0.2) is 0 Å². The Morgan fingerprint density at radius 2 is 1.00 bits per heavy atom. The summed E-state index contributed by atoms with van der Waals surface area (Å²) in [7, 11) is 0. The third-order valence-electron chi connectivity index (χ3n) is 11.4. The van der Waals surface area contributed by atoms with Gasteiger partial charge in [-0.1, -0.05) is 109 Å². The Kier molecular flexibility index (Phi) is 5.91. The van der Waals surface area contributed by atoms with Gasteiger partial charge in [0, 0.05) is 17.1 Å². The average molecular weight is 626 g/mol. The summed E-state index contributed by atoms with van der Waals surface area (Å²) in [6.07, 6.45) is 0. The van der Waals surface area contributed by atoms with Crippen molar-refractivity contribution >= 4 is 38.6 Å². The predicted molar refractivity (Wildman–Crippen MR) is 207 cm³/mol. The minimum absolute atomic E-state index is 0.410. The van der Waals surface area contributed by atoms with E-state index in [0.717, 1.165) is 11.4 Å². The van der Waals surface area contributed by atoms with Crippen LogP contribution in [0, 0.1) is 20.8 Å². The van der Waals surface area contributed by atoms with Crippen molar-refractivity contribution in [3.8, 4) is 22.3 Å². The Labute approximate surface area is 287 Å². The van der Waals surface area contributed by atoms with E-state index >= 15 is 0 Å². The molecule has 0 bridgehead atoms. The maximum atomic E-state index is 2.48. The highest BCUT2D eigenvalue weighted by molar-refractivity contribution is 6.07. The smallest absolute Gasteiger partial charge is 0.0731 e. The molecule has 0 heterocycles. The van der Waals surface area contributed by atoms with Crippen LogP contribution < -0.4 is 4.90 Å². The third-order valence-corrected chi connectivity index (χ3v) is 11.4. The Bertz CT molecular complexity index is 2580. The summed E-state index contributed by atoms with van der Waals surface area (Å²) in [4.78, 5) is 2.41. The lowest BCUT2D eigenvalue weighted by molar-refractivity contribution is 0.802. The van der Waals surface area contributed by atoms with Crippen molar-refractivity contribution in [2.75, 3.05) is 4.90 Å². The van der Waals surface area contributed by atoms with Crippen molar-refractivity contribution in [2.24, 2.45) is 0 Å². The van der Waals surface area contributed by atoms with Gasteiger partial charge in [0.25, 0.3) is 0 Å². The minimum atomic E-state index is -0.410. The molecular weight excluding hydrogens is 591 g/mol. The number of anilines is 3. The Morgan fingerprint density at radius 1 is 0.388 bits per heavy atom. The van der Waals surface area contributed by atoms with E-state index in [2.05, 4.69) is 183 Å². The quantitative estimate of drug-likeness (QED) is 0.189. The van der Waals surface area contributed by atoms with Crippen LogP contribution in [0.1, 0.15) is 38.9 Å². The summed E-state index contributed by atoms with van der Waals surface area (Å²) < 4.78 is 0. The molecule has 8 aromatic rings. The Balaban J connectivity index is 1.28. The fourth-order valence-electron chi connectivity index (χ4n) is 8.95. The van der Waals surface area contributed by atoms with Crippen molar-refractivity contribution in [1.29, 1.82) is 0 Å². The van der Waals surface area contributed by atoms with Crippen LogP contribution in [-0.2, 0) is 5.41 Å². The zero-order chi connectivity index (χ0) is 32.9. The van der Waals surface area contributed by atoms with Gasteiger partial charge in [0.2, 0.25) is 0 Å². The molecule has 2 aliphatic rings. The lowest BCUT2D eigenvalue weighted by atomic mass is 9.69. The van der Waals surface area contributed by atoms with E-state index in [-0.39, 0.29) is 0 Å². The second kappa shape index (κ2) is 10.3. The molecule has 1 nitrogen and oxygen atoms in total. The first-order valence-corrected chi connectivity index (χ1v) is 17.3. The monoisotopic (exact) mass is 625 g/mol. The highest BCUT2D eigenvalue weighted by atomic mass is 15.1. The predicted octanol–water partition coefficient (Wildman–Crippen LogP) is 12.7. The maximum Gasteiger partial charge on any atom is 0.0731 e. The van der Waals surface area contributed by atoms with Gasteiger partial charge in [0.05, 0.1) is 5.41 Å². The molecule has 0 saturated carbocycles.